The Bertz CT molecular complexity index is 830. The molecule has 2 heterocycles. The van der Waals surface area contributed by atoms with Gasteiger partial charge < -0.3 is 0 Å². The zero-order valence-corrected chi connectivity index (χ0v) is 19.8. The normalized spacial score (nSPS) is 24.7. The number of ether oxygens (including phenoxy) is 2. The van der Waals surface area contributed by atoms with Crippen LogP contribution in [0.1, 0.15) is 28.8 Å². The summed E-state index contributed by atoms with van der Waals surface area (Å²) in [6, 6.07) is 4.18. The summed E-state index contributed by atoms with van der Waals surface area (Å²) in [5.74, 6) is -0.413. The molecule has 0 bridgehead atoms. The van der Waals surface area contributed by atoms with Crippen molar-refractivity contribution in [1.82, 2.24) is 10.6 Å². The predicted molar refractivity (Wildman–Crippen MR) is 115 cm³/mol. The molecule has 176 valence electrons. The first-order valence-electron chi connectivity index (χ1n) is 10.5. The van der Waals surface area contributed by atoms with E-state index in [1.807, 2.05) is 0 Å². The third-order valence-electron chi connectivity index (χ3n) is 5.92. The molecule has 1 amide bonds. The molecule has 0 aliphatic carbocycles. The molecule has 1 unspecified atom stereocenters. The summed E-state index contributed by atoms with van der Waals surface area (Å²) in [5.41, 5.74) is -1.02. The monoisotopic (exact) mass is 516 g/mol. The van der Waals surface area contributed by atoms with Crippen molar-refractivity contribution in [2.24, 2.45) is 5.92 Å². The van der Waals surface area contributed by atoms with Crippen molar-refractivity contribution >= 4 is 26.2 Å². The molecule has 2 saturated heterocycles. The van der Waals surface area contributed by atoms with E-state index < -0.39 is 33.4 Å². The molecular formula is C22H28AsF3N2O4. The second kappa shape index (κ2) is 11.0. The summed E-state index contributed by atoms with van der Waals surface area (Å²) in [5, 5.41) is 5.87. The first kappa shape index (κ1) is 25.0. The van der Waals surface area contributed by atoms with Crippen molar-refractivity contribution in [3.63, 3.8) is 0 Å². The summed E-state index contributed by atoms with van der Waals surface area (Å²) < 4.78 is 49.9. The molecule has 0 saturated carbocycles. The van der Waals surface area contributed by atoms with Gasteiger partial charge in [-0.1, -0.05) is 0 Å². The van der Waals surface area contributed by atoms with Gasteiger partial charge in [0, 0.05) is 0 Å². The quantitative estimate of drug-likeness (QED) is 0.389. The number of hydrogen-bond donors (Lipinski definition) is 2. The molecule has 10 heteroatoms. The number of rotatable bonds is 9. The van der Waals surface area contributed by atoms with Crippen LogP contribution in [0.15, 0.2) is 36.9 Å². The van der Waals surface area contributed by atoms with E-state index in [2.05, 4.69) is 17.2 Å². The Hall–Kier alpha value is -1.67. The van der Waals surface area contributed by atoms with E-state index in [4.69, 9.17) is 9.47 Å². The van der Waals surface area contributed by atoms with E-state index in [1.165, 1.54) is 12.1 Å². The van der Waals surface area contributed by atoms with Gasteiger partial charge in [-0.05, 0) is 0 Å². The minimum absolute atomic E-state index is 0.0623. The van der Waals surface area contributed by atoms with Crippen molar-refractivity contribution in [2.75, 3.05) is 39.5 Å². The molecule has 0 radical (unpaired) electrons. The predicted octanol–water partition coefficient (Wildman–Crippen LogP) is 2.16. The summed E-state index contributed by atoms with van der Waals surface area (Å²) in [7, 11) is 0. The molecule has 1 aromatic rings. The van der Waals surface area contributed by atoms with Crippen LogP contribution in [0.3, 0.4) is 0 Å². The van der Waals surface area contributed by atoms with Gasteiger partial charge in [-0.25, -0.2) is 0 Å². The Labute approximate surface area is 192 Å². The Kier molecular flexibility index (Phi) is 8.55. The summed E-state index contributed by atoms with van der Waals surface area (Å²) >= 11 is -1.22. The van der Waals surface area contributed by atoms with Crippen molar-refractivity contribution < 1.29 is 32.2 Å². The number of nitrogens with one attached hydrogen (secondary N) is 2. The average Bonchev–Trinajstić information content (AvgIpc) is 3.19. The number of halogens is 3. The average molecular weight is 516 g/mol. The van der Waals surface area contributed by atoms with Crippen molar-refractivity contribution in [2.45, 2.75) is 29.3 Å². The zero-order valence-electron chi connectivity index (χ0n) is 17.7. The number of hydrogen-bond acceptors (Lipinski definition) is 5. The minimum atomic E-state index is -4.54. The van der Waals surface area contributed by atoms with Crippen LogP contribution < -0.4 is 10.6 Å². The molecule has 3 atom stereocenters. The fourth-order valence-electron chi connectivity index (χ4n) is 4.35. The van der Waals surface area contributed by atoms with Gasteiger partial charge >= 0.3 is 192 Å². The third-order valence-corrected chi connectivity index (χ3v) is 9.76. The van der Waals surface area contributed by atoms with E-state index in [1.54, 1.807) is 6.08 Å². The van der Waals surface area contributed by atoms with Crippen LogP contribution in [0.5, 0.6) is 0 Å². The van der Waals surface area contributed by atoms with Gasteiger partial charge in [0.25, 0.3) is 0 Å². The van der Waals surface area contributed by atoms with Gasteiger partial charge in [0.1, 0.15) is 0 Å². The van der Waals surface area contributed by atoms with Crippen LogP contribution in [0.25, 0.3) is 0 Å². The van der Waals surface area contributed by atoms with E-state index >= 15 is 0 Å². The van der Waals surface area contributed by atoms with E-state index in [9.17, 15) is 22.8 Å². The molecule has 0 aromatic heterocycles. The van der Waals surface area contributed by atoms with E-state index in [0.717, 1.165) is 25.0 Å². The van der Waals surface area contributed by atoms with Crippen molar-refractivity contribution in [3.05, 3.63) is 48.0 Å². The number of carbonyl (C=O) groups is 2. The summed E-state index contributed by atoms with van der Waals surface area (Å²) in [6.45, 7) is 6.51. The standard InChI is InChI=1S/C22H28AsF3N2O4/c1-2-8-32-18-12-27-14-21(18,16-6-9-31-10-7-16)23-19(29)13-28-20(30)15-4-3-5-17(11-15)22(24,25)26/h2-5,11,16,18,23,27H,1,6-10,12-14H2,(H,28,30)/t18-,21+/m1/s1. The Morgan fingerprint density at radius 1 is 1.34 bits per heavy atom. The maximum atomic E-state index is 13.0. The number of alkyl halides is 3. The first-order chi connectivity index (χ1) is 15.3. The molecule has 32 heavy (non-hydrogen) atoms. The number of amides is 1. The van der Waals surface area contributed by atoms with Crippen molar-refractivity contribution in [1.29, 1.82) is 0 Å². The fourth-order valence-corrected chi connectivity index (χ4v) is 8.02. The van der Waals surface area contributed by atoms with Gasteiger partial charge in [-0.2, -0.15) is 0 Å². The van der Waals surface area contributed by atoms with E-state index in [0.29, 0.717) is 32.9 Å². The molecule has 2 N–H and O–H groups in total. The molecule has 6 nitrogen and oxygen atoms in total. The van der Waals surface area contributed by atoms with Crippen LogP contribution in [0.2, 0.25) is 4.20 Å². The topological polar surface area (TPSA) is 76.7 Å². The van der Waals surface area contributed by atoms with Crippen LogP contribution in [0, 0.1) is 5.92 Å². The van der Waals surface area contributed by atoms with Gasteiger partial charge in [0.2, 0.25) is 0 Å². The van der Waals surface area contributed by atoms with Crippen molar-refractivity contribution in [3.8, 4) is 0 Å². The first-order valence-corrected chi connectivity index (χ1v) is 12.6. The third kappa shape index (κ3) is 6.01. The maximum absolute atomic E-state index is 13.0. The van der Waals surface area contributed by atoms with Crippen LogP contribution >= 0.6 is 0 Å². The van der Waals surface area contributed by atoms with Crippen LogP contribution in [-0.2, 0) is 20.4 Å². The van der Waals surface area contributed by atoms with Gasteiger partial charge in [0.15, 0.2) is 0 Å². The molecule has 2 aliphatic heterocycles. The Balaban J connectivity index is 1.66. The van der Waals surface area contributed by atoms with Crippen LogP contribution in [0.4, 0.5) is 13.2 Å². The molecule has 2 fully saturated rings. The Morgan fingerprint density at radius 2 is 2.09 bits per heavy atom. The fraction of sp³-hybridized carbons (Fsp3) is 0.545. The zero-order chi connectivity index (χ0) is 23.2. The molecule has 2 aliphatic rings. The summed E-state index contributed by atoms with van der Waals surface area (Å²) in [4.78, 5) is 25.3. The molecular weight excluding hydrogens is 488 g/mol. The molecule has 0 spiro atoms. The molecule has 1 aromatic carbocycles. The summed E-state index contributed by atoms with van der Waals surface area (Å²) in [6.07, 6.45) is -1.27. The Morgan fingerprint density at radius 3 is 2.78 bits per heavy atom. The molecule has 3 rings (SSSR count). The van der Waals surface area contributed by atoms with Gasteiger partial charge in [-0.15, -0.1) is 0 Å². The second-order valence-electron chi connectivity index (χ2n) is 7.98. The number of benzene rings is 1. The SMILES string of the molecule is C=CCO[C@@H]1CNC[C@]1([AsH]C(=O)CNC(=O)c1cccc(C(F)(F)F)c1)C1CCOCC1. The van der Waals surface area contributed by atoms with Crippen LogP contribution in [-0.4, -0.2) is 71.8 Å². The van der Waals surface area contributed by atoms with E-state index in [-0.39, 0.29) is 32.9 Å². The van der Waals surface area contributed by atoms with Gasteiger partial charge in [0.05, 0.1) is 0 Å². The second-order valence-corrected chi connectivity index (χ2v) is 11.6. The number of carbonyl (C=O) groups excluding carboxylic acids is 2. The van der Waals surface area contributed by atoms with Gasteiger partial charge in [-0.3, -0.25) is 0 Å².